The standard InChI is InChI=1S/C16H32N2/c1-4-18(15-7-5-6-8-15)16(12-17)10-9-13(2)14(3)11-16/h13-15H,4-12,17H2,1-3H3. The molecule has 18 heavy (non-hydrogen) atoms. The molecule has 0 bridgehead atoms. The van der Waals surface area contributed by atoms with Crippen LogP contribution in [0.2, 0.25) is 0 Å². The third-order valence-electron chi connectivity index (χ3n) is 5.83. The minimum Gasteiger partial charge on any atom is -0.329 e. The Kier molecular flexibility index (Phi) is 4.71. The van der Waals surface area contributed by atoms with Crippen LogP contribution in [0.5, 0.6) is 0 Å². The molecule has 3 unspecified atom stereocenters. The van der Waals surface area contributed by atoms with Crippen LogP contribution in [0, 0.1) is 11.8 Å². The molecule has 2 aliphatic carbocycles. The lowest BCUT2D eigenvalue weighted by molar-refractivity contribution is -0.00411. The molecule has 0 aromatic carbocycles. The number of hydrogen-bond donors (Lipinski definition) is 1. The fourth-order valence-corrected chi connectivity index (χ4v) is 4.44. The first-order chi connectivity index (χ1) is 8.63. The summed E-state index contributed by atoms with van der Waals surface area (Å²) in [5.41, 5.74) is 6.56. The second kappa shape index (κ2) is 5.92. The van der Waals surface area contributed by atoms with Crippen molar-refractivity contribution in [1.82, 2.24) is 4.90 Å². The predicted octanol–water partition coefficient (Wildman–Crippen LogP) is 3.40. The minimum absolute atomic E-state index is 0.315. The van der Waals surface area contributed by atoms with E-state index in [9.17, 15) is 0 Å². The normalized spacial score (nSPS) is 38.5. The van der Waals surface area contributed by atoms with Gasteiger partial charge in [0.05, 0.1) is 0 Å². The van der Waals surface area contributed by atoms with E-state index >= 15 is 0 Å². The van der Waals surface area contributed by atoms with Crippen molar-refractivity contribution in [2.24, 2.45) is 17.6 Å². The SMILES string of the molecule is CCN(C1CCCC1)C1(CN)CCC(C)C(C)C1. The van der Waals surface area contributed by atoms with Crippen LogP contribution in [0.4, 0.5) is 0 Å². The molecule has 2 fully saturated rings. The third kappa shape index (κ3) is 2.60. The van der Waals surface area contributed by atoms with Gasteiger partial charge in [0.2, 0.25) is 0 Å². The molecule has 0 amide bonds. The smallest absolute Gasteiger partial charge is 0.0337 e. The Morgan fingerprint density at radius 2 is 1.78 bits per heavy atom. The molecule has 0 aliphatic heterocycles. The molecule has 2 heteroatoms. The van der Waals surface area contributed by atoms with E-state index in [1.165, 1.54) is 51.5 Å². The van der Waals surface area contributed by atoms with Crippen LogP contribution in [0.15, 0.2) is 0 Å². The molecular formula is C16H32N2. The molecule has 3 atom stereocenters. The number of likely N-dealkylation sites (N-methyl/N-ethyl adjacent to an activating group) is 1. The average molecular weight is 252 g/mol. The van der Waals surface area contributed by atoms with Crippen molar-refractivity contribution in [3.8, 4) is 0 Å². The van der Waals surface area contributed by atoms with E-state index in [4.69, 9.17) is 5.73 Å². The van der Waals surface area contributed by atoms with Gasteiger partial charge < -0.3 is 5.73 Å². The van der Waals surface area contributed by atoms with Crippen molar-refractivity contribution in [2.75, 3.05) is 13.1 Å². The maximum atomic E-state index is 6.25. The van der Waals surface area contributed by atoms with Gasteiger partial charge in [-0.2, -0.15) is 0 Å². The second-order valence-corrected chi connectivity index (χ2v) is 6.85. The van der Waals surface area contributed by atoms with Gasteiger partial charge in [0.25, 0.3) is 0 Å². The van der Waals surface area contributed by atoms with E-state index in [0.29, 0.717) is 5.54 Å². The Bertz CT molecular complexity index is 260. The fourth-order valence-electron chi connectivity index (χ4n) is 4.44. The molecule has 2 nitrogen and oxygen atoms in total. The monoisotopic (exact) mass is 252 g/mol. The van der Waals surface area contributed by atoms with Gasteiger partial charge in [-0.15, -0.1) is 0 Å². The van der Waals surface area contributed by atoms with Gasteiger partial charge in [-0.05, 0) is 50.5 Å². The molecule has 106 valence electrons. The molecule has 2 aliphatic rings. The van der Waals surface area contributed by atoms with E-state index in [-0.39, 0.29) is 0 Å². The summed E-state index contributed by atoms with van der Waals surface area (Å²) in [7, 11) is 0. The maximum absolute atomic E-state index is 6.25. The molecule has 0 aromatic rings. The van der Waals surface area contributed by atoms with Crippen LogP contribution in [-0.4, -0.2) is 29.6 Å². The first kappa shape index (κ1) is 14.3. The summed E-state index contributed by atoms with van der Waals surface area (Å²) in [6.07, 6.45) is 9.65. The Balaban J connectivity index is 2.13. The molecule has 0 aromatic heterocycles. The molecule has 2 N–H and O–H groups in total. The van der Waals surface area contributed by atoms with Crippen molar-refractivity contribution < 1.29 is 0 Å². The Morgan fingerprint density at radius 1 is 1.11 bits per heavy atom. The van der Waals surface area contributed by atoms with Gasteiger partial charge in [0, 0.05) is 18.1 Å². The second-order valence-electron chi connectivity index (χ2n) is 6.85. The van der Waals surface area contributed by atoms with Crippen LogP contribution in [-0.2, 0) is 0 Å². The third-order valence-corrected chi connectivity index (χ3v) is 5.83. The predicted molar refractivity (Wildman–Crippen MR) is 78.6 cm³/mol. The van der Waals surface area contributed by atoms with Crippen molar-refractivity contribution in [3.05, 3.63) is 0 Å². The highest BCUT2D eigenvalue weighted by atomic mass is 15.2. The van der Waals surface area contributed by atoms with E-state index in [1.54, 1.807) is 0 Å². The number of nitrogens with two attached hydrogens (primary N) is 1. The summed E-state index contributed by atoms with van der Waals surface area (Å²) in [6.45, 7) is 9.21. The summed E-state index contributed by atoms with van der Waals surface area (Å²) in [6, 6.07) is 0.819. The van der Waals surface area contributed by atoms with Crippen LogP contribution in [0.1, 0.15) is 65.7 Å². The van der Waals surface area contributed by atoms with E-state index in [0.717, 1.165) is 24.4 Å². The molecule has 0 heterocycles. The average Bonchev–Trinajstić information content (AvgIpc) is 2.88. The summed E-state index contributed by atoms with van der Waals surface area (Å²) < 4.78 is 0. The molecule has 2 rings (SSSR count). The van der Waals surface area contributed by atoms with Crippen LogP contribution in [0.25, 0.3) is 0 Å². The number of nitrogens with zero attached hydrogens (tertiary/aromatic N) is 1. The number of rotatable bonds is 4. The highest BCUT2D eigenvalue weighted by Gasteiger charge is 2.43. The largest absolute Gasteiger partial charge is 0.329 e. The summed E-state index contributed by atoms with van der Waals surface area (Å²) in [5, 5.41) is 0. The van der Waals surface area contributed by atoms with Gasteiger partial charge in [0.1, 0.15) is 0 Å². The molecule has 0 saturated heterocycles. The number of hydrogen-bond acceptors (Lipinski definition) is 2. The zero-order chi connectivity index (χ0) is 13.2. The summed E-state index contributed by atoms with van der Waals surface area (Å²) in [4.78, 5) is 2.79. The minimum atomic E-state index is 0.315. The summed E-state index contributed by atoms with van der Waals surface area (Å²) >= 11 is 0. The van der Waals surface area contributed by atoms with Crippen LogP contribution < -0.4 is 5.73 Å². The fraction of sp³-hybridized carbons (Fsp3) is 1.00. The summed E-state index contributed by atoms with van der Waals surface area (Å²) in [5.74, 6) is 1.71. The van der Waals surface area contributed by atoms with Crippen molar-refractivity contribution in [3.63, 3.8) is 0 Å². The molecular weight excluding hydrogens is 220 g/mol. The lowest BCUT2D eigenvalue weighted by Crippen LogP contribution is -2.59. The van der Waals surface area contributed by atoms with Gasteiger partial charge >= 0.3 is 0 Å². The van der Waals surface area contributed by atoms with Crippen molar-refractivity contribution >= 4 is 0 Å². The zero-order valence-corrected chi connectivity index (χ0v) is 12.6. The van der Waals surface area contributed by atoms with Gasteiger partial charge in [0.15, 0.2) is 0 Å². The van der Waals surface area contributed by atoms with E-state index < -0.39 is 0 Å². The topological polar surface area (TPSA) is 29.3 Å². The lowest BCUT2D eigenvalue weighted by Gasteiger charge is -2.51. The lowest BCUT2D eigenvalue weighted by atomic mass is 9.70. The van der Waals surface area contributed by atoms with Crippen LogP contribution in [0.3, 0.4) is 0 Å². The maximum Gasteiger partial charge on any atom is 0.0337 e. The molecule has 2 saturated carbocycles. The Labute approximate surface area is 113 Å². The van der Waals surface area contributed by atoms with Crippen molar-refractivity contribution in [2.45, 2.75) is 77.3 Å². The first-order valence-electron chi connectivity index (χ1n) is 8.10. The zero-order valence-electron chi connectivity index (χ0n) is 12.6. The quantitative estimate of drug-likeness (QED) is 0.831. The molecule has 0 spiro atoms. The van der Waals surface area contributed by atoms with Crippen molar-refractivity contribution in [1.29, 1.82) is 0 Å². The van der Waals surface area contributed by atoms with Crippen LogP contribution >= 0.6 is 0 Å². The van der Waals surface area contributed by atoms with Gasteiger partial charge in [-0.25, -0.2) is 0 Å². The highest BCUT2D eigenvalue weighted by Crippen LogP contribution is 2.42. The van der Waals surface area contributed by atoms with Gasteiger partial charge in [-0.1, -0.05) is 33.6 Å². The molecule has 0 radical (unpaired) electrons. The van der Waals surface area contributed by atoms with E-state index in [1.807, 2.05) is 0 Å². The van der Waals surface area contributed by atoms with E-state index in [2.05, 4.69) is 25.7 Å². The highest BCUT2D eigenvalue weighted by molar-refractivity contribution is 5.00. The first-order valence-corrected chi connectivity index (χ1v) is 8.10. The Morgan fingerprint density at radius 3 is 2.28 bits per heavy atom. The Hall–Kier alpha value is -0.0800. The van der Waals surface area contributed by atoms with Gasteiger partial charge in [-0.3, -0.25) is 4.90 Å².